The fourth-order valence-corrected chi connectivity index (χ4v) is 7.27. The summed E-state index contributed by atoms with van der Waals surface area (Å²) in [6, 6.07) is 0. The zero-order chi connectivity index (χ0) is 15.6. The van der Waals surface area contributed by atoms with E-state index in [0.29, 0.717) is 23.2 Å². The Balaban J connectivity index is 1.94. The average molecular weight is 316 g/mol. The van der Waals surface area contributed by atoms with E-state index in [1.165, 1.54) is 19.3 Å². The van der Waals surface area contributed by atoms with Gasteiger partial charge in [0.2, 0.25) is 0 Å². The lowest BCUT2D eigenvalue weighted by molar-refractivity contribution is -0.0118. The molecule has 6 atom stereocenters. The molecule has 0 amide bonds. The highest BCUT2D eigenvalue weighted by molar-refractivity contribution is 7.51. The summed E-state index contributed by atoms with van der Waals surface area (Å²) in [5, 5.41) is 10.6. The minimum atomic E-state index is -4.16. The molecular formula is C16H29O4P. The van der Waals surface area contributed by atoms with Gasteiger partial charge in [0.1, 0.15) is 0 Å². The van der Waals surface area contributed by atoms with Crippen LogP contribution < -0.4 is 0 Å². The highest BCUT2D eigenvalue weighted by Crippen LogP contribution is 2.71. The smallest absolute Gasteiger partial charge is 0.328 e. The van der Waals surface area contributed by atoms with Gasteiger partial charge in [-0.2, -0.15) is 0 Å². The van der Waals surface area contributed by atoms with Crippen molar-refractivity contribution < 1.29 is 19.5 Å². The van der Waals surface area contributed by atoms with Crippen LogP contribution in [0.4, 0.5) is 0 Å². The summed E-state index contributed by atoms with van der Waals surface area (Å²) in [7, 11) is -4.16. The predicted molar refractivity (Wildman–Crippen MR) is 81.9 cm³/mol. The Hall–Kier alpha value is 0.110. The fraction of sp³-hybridized carbons (Fsp3) is 1.00. The zero-order valence-electron chi connectivity index (χ0n) is 13.3. The van der Waals surface area contributed by atoms with Gasteiger partial charge in [-0.15, -0.1) is 0 Å². The van der Waals surface area contributed by atoms with Gasteiger partial charge in [0.15, 0.2) is 0 Å². The first kappa shape index (κ1) is 16.0. The Morgan fingerprint density at radius 1 is 1.19 bits per heavy atom. The van der Waals surface area contributed by atoms with Gasteiger partial charge in [-0.3, -0.25) is 4.57 Å². The highest BCUT2D eigenvalue weighted by atomic mass is 31.2. The molecule has 21 heavy (non-hydrogen) atoms. The second kappa shape index (κ2) is 4.80. The van der Waals surface area contributed by atoms with Gasteiger partial charge in [-0.1, -0.05) is 27.2 Å². The maximum Gasteiger partial charge on any atom is 0.328 e. The number of hydrogen-bond acceptors (Lipinski definition) is 2. The first-order valence-electron chi connectivity index (χ1n) is 8.29. The first-order valence-corrected chi connectivity index (χ1v) is 10.1. The van der Waals surface area contributed by atoms with Gasteiger partial charge < -0.3 is 14.9 Å². The van der Waals surface area contributed by atoms with Crippen LogP contribution in [0.1, 0.15) is 52.9 Å². The molecule has 3 fully saturated rings. The number of rotatable bonds is 3. The molecule has 5 heteroatoms. The summed E-state index contributed by atoms with van der Waals surface area (Å²) in [5.41, 5.74) is 0.357. The van der Waals surface area contributed by atoms with Crippen LogP contribution in [0.2, 0.25) is 0 Å². The maximum absolute atomic E-state index is 11.3. The fourth-order valence-electron chi connectivity index (χ4n) is 6.56. The minimum Gasteiger partial charge on any atom is -0.392 e. The van der Waals surface area contributed by atoms with E-state index in [-0.39, 0.29) is 17.5 Å². The second-order valence-corrected chi connectivity index (χ2v) is 10.4. The third-order valence-corrected chi connectivity index (χ3v) is 7.90. The topological polar surface area (TPSA) is 77.8 Å². The van der Waals surface area contributed by atoms with Crippen molar-refractivity contribution in [3.05, 3.63) is 0 Å². The zero-order valence-corrected chi connectivity index (χ0v) is 14.2. The van der Waals surface area contributed by atoms with Gasteiger partial charge in [-0.25, -0.2) is 0 Å². The summed E-state index contributed by atoms with van der Waals surface area (Å²) >= 11 is 0. The Morgan fingerprint density at radius 2 is 1.86 bits per heavy atom. The molecule has 0 heterocycles. The SMILES string of the molecule is CC1(C)CCC[C@]2(C)[C@@H]([C@@H](O)CP(=O)(O)O)[C@H]3CC[C@@H]2[C@H]31. The molecule has 0 radical (unpaired) electrons. The molecule has 4 bridgehead atoms. The van der Waals surface area contributed by atoms with Gasteiger partial charge in [0.05, 0.1) is 12.3 Å². The minimum absolute atomic E-state index is 0.0634. The van der Waals surface area contributed by atoms with Crippen LogP contribution in [0.5, 0.6) is 0 Å². The van der Waals surface area contributed by atoms with Crippen LogP contribution in [-0.2, 0) is 4.57 Å². The molecule has 0 aromatic rings. The van der Waals surface area contributed by atoms with Gasteiger partial charge in [0.25, 0.3) is 0 Å². The Labute approximate surface area is 127 Å². The molecule has 0 unspecified atom stereocenters. The van der Waals surface area contributed by atoms with Crippen LogP contribution in [-0.4, -0.2) is 27.2 Å². The van der Waals surface area contributed by atoms with Gasteiger partial charge in [0, 0.05) is 0 Å². The summed E-state index contributed by atoms with van der Waals surface area (Å²) in [4.78, 5) is 18.5. The van der Waals surface area contributed by atoms with Crippen molar-refractivity contribution in [2.75, 3.05) is 6.16 Å². The molecule has 4 nitrogen and oxygen atoms in total. The van der Waals surface area contributed by atoms with Crippen molar-refractivity contribution in [3.8, 4) is 0 Å². The largest absolute Gasteiger partial charge is 0.392 e. The Morgan fingerprint density at radius 3 is 2.48 bits per heavy atom. The van der Waals surface area contributed by atoms with Crippen molar-refractivity contribution >= 4 is 7.60 Å². The molecule has 3 saturated carbocycles. The molecule has 0 aromatic heterocycles. The molecular weight excluding hydrogens is 287 g/mol. The van der Waals surface area contributed by atoms with Crippen LogP contribution >= 0.6 is 7.60 Å². The molecule has 0 saturated heterocycles. The van der Waals surface area contributed by atoms with E-state index in [1.54, 1.807) is 0 Å². The third kappa shape index (κ3) is 2.43. The lowest BCUT2D eigenvalue weighted by Crippen LogP contribution is -2.42. The van der Waals surface area contributed by atoms with Crippen LogP contribution in [0.3, 0.4) is 0 Å². The van der Waals surface area contributed by atoms with Crippen LogP contribution in [0, 0.1) is 34.5 Å². The Kier molecular flexibility index (Phi) is 3.65. The van der Waals surface area contributed by atoms with Gasteiger partial charge >= 0.3 is 7.60 Å². The van der Waals surface area contributed by atoms with Crippen molar-refractivity contribution in [1.29, 1.82) is 0 Å². The normalized spacial score (nSPS) is 46.4. The molecule has 0 aromatic carbocycles. The first-order chi connectivity index (χ1) is 9.56. The number of aliphatic hydroxyl groups is 1. The second-order valence-electron chi connectivity index (χ2n) is 8.66. The van der Waals surface area contributed by atoms with Crippen molar-refractivity contribution in [1.82, 2.24) is 0 Å². The molecule has 3 N–H and O–H groups in total. The van der Waals surface area contributed by atoms with Gasteiger partial charge in [-0.05, 0) is 60.2 Å². The standard InChI is InChI=1S/C16H29O4P/c1-15(2)7-4-8-16(3)11-6-5-10(13(11)15)14(16)12(17)9-21(18,19)20/h10-14,17H,4-9H2,1-3H3,(H2,18,19,20)/t10-,11+,12-,13-,14+,16-/m0/s1. The molecule has 0 spiro atoms. The van der Waals surface area contributed by atoms with Crippen molar-refractivity contribution in [3.63, 3.8) is 0 Å². The number of aliphatic hydroxyl groups excluding tert-OH is 1. The number of hydrogen-bond donors (Lipinski definition) is 3. The molecule has 3 rings (SSSR count). The Bertz CT molecular complexity index is 471. The van der Waals surface area contributed by atoms with E-state index in [9.17, 15) is 19.5 Å². The molecule has 3 aliphatic rings. The van der Waals surface area contributed by atoms with Crippen LogP contribution in [0.25, 0.3) is 0 Å². The van der Waals surface area contributed by atoms with Crippen molar-refractivity contribution in [2.24, 2.45) is 34.5 Å². The lowest BCUT2D eigenvalue weighted by atomic mass is 9.63. The molecule has 122 valence electrons. The van der Waals surface area contributed by atoms with E-state index < -0.39 is 13.7 Å². The van der Waals surface area contributed by atoms with Crippen LogP contribution in [0.15, 0.2) is 0 Å². The monoisotopic (exact) mass is 316 g/mol. The van der Waals surface area contributed by atoms with E-state index in [4.69, 9.17) is 0 Å². The summed E-state index contributed by atoms with van der Waals surface area (Å²) in [6.07, 6.45) is 4.62. The summed E-state index contributed by atoms with van der Waals surface area (Å²) < 4.78 is 11.3. The van der Waals surface area contributed by atoms with Crippen molar-refractivity contribution in [2.45, 2.75) is 59.0 Å². The predicted octanol–water partition coefficient (Wildman–Crippen LogP) is 3.01. The quantitative estimate of drug-likeness (QED) is 0.699. The summed E-state index contributed by atoms with van der Waals surface area (Å²) in [5.74, 6) is 1.74. The van der Waals surface area contributed by atoms with E-state index in [0.717, 1.165) is 12.8 Å². The van der Waals surface area contributed by atoms with E-state index in [1.807, 2.05) is 0 Å². The maximum atomic E-state index is 11.3. The van der Waals surface area contributed by atoms with E-state index in [2.05, 4.69) is 20.8 Å². The molecule has 0 aliphatic heterocycles. The highest BCUT2D eigenvalue weighted by Gasteiger charge is 2.66. The summed E-state index contributed by atoms with van der Waals surface area (Å²) in [6.45, 7) is 6.98. The van der Waals surface area contributed by atoms with E-state index >= 15 is 0 Å². The lowest BCUT2D eigenvalue weighted by Gasteiger charge is -2.44. The average Bonchev–Trinajstić information content (AvgIpc) is 2.76. The third-order valence-electron chi connectivity index (χ3n) is 7.05. The molecule has 3 aliphatic carbocycles.